The summed E-state index contributed by atoms with van der Waals surface area (Å²) in [6.45, 7) is 4.61. The van der Waals surface area contributed by atoms with E-state index in [0.29, 0.717) is 0 Å². The van der Waals surface area contributed by atoms with Gasteiger partial charge in [0.15, 0.2) is 0 Å². The summed E-state index contributed by atoms with van der Waals surface area (Å²) in [5.74, 6) is 0.172. The Morgan fingerprint density at radius 3 is 2.58 bits per heavy atom. The van der Waals surface area contributed by atoms with Gasteiger partial charge in [-0.1, -0.05) is 28.1 Å². The summed E-state index contributed by atoms with van der Waals surface area (Å²) in [6, 6.07) is 12.6. The molecule has 0 aliphatic carbocycles. The van der Waals surface area contributed by atoms with Crippen molar-refractivity contribution in [1.29, 1.82) is 0 Å². The van der Waals surface area contributed by atoms with Gasteiger partial charge in [0.05, 0.1) is 10.2 Å². The Hall–Kier alpha value is -1.59. The Morgan fingerprint density at radius 1 is 1.17 bits per heavy atom. The van der Waals surface area contributed by atoms with Crippen molar-refractivity contribution in [3.63, 3.8) is 0 Å². The van der Waals surface area contributed by atoms with E-state index in [0.717, 1.165) is 42.6 Å². The van der Waals surface area contributed by atoms with Crippen molar-refractivity contribution < 1.29 is 4.79 Å². The first kappa shape index (κ1) is 15.9. The molecule has 1 aliphatic heterocycles. The molecule has 3 aromatic rings. The molecule has 0 atom stereocenters. The Bertz CT molecular complexity index is 888. The highest BCUT2D eigenvalue weighted by Crippen LogP contribution is 2.30. The first-order valence-corrected chi connectivity index (χ1v) is 9.86. The molecule has 0 N–H and O–H groups in total. The molecule has 0 unspecified atom stereocenters. The van der Waals surface area contributed by atoms with Gasteiger partial charge in [0.1, 0.15) is 5.69 Å². The number of hydrogen-bond acceptors (Lipinski definition) is 2. The molecule has 1 aromatic carbocycles. The van der Waals surface area contributed by atoms with Gasteiger partial charge in [0.25, 0.3) is 5.91 Å². The third kappa shape index (κ3) is 2.91. The quantitative estimate of drug-likeness (QED) is 0.600. The highest BCUT2D eigenvalue weighted by Gasteiger charge is 2.24. The number of aryl methyl sites for hydroxylation is 1. The molecule has 1 fully saturated rings. The molecule has 3 heterocycles. The van der Waals surface area contributed by atoms with Gasteiger partial charge in [-0.15, -0.1) is 11.3 Å². The lowest BCUT2D eigenvalue weighted by molar-refractivity contribution is 0.0783. The lowest BCUT2D eigenvalue weighted by Gasteiger charge is -2.17. The highest BCUT2D eigenvalue weighted by atomic mass is 79.9. The minimum atomic E-state index is 0.172. The molecule has 2 aromatic heterocycles. The number of likely N-dealkylation sites (tertiary alicyclic amines) is 1. The van der Waals surface area contributed by atoms with E-state index in [1.165, 1.54) is 20.7 Å². The summed E-state index contributed by atoms with van der Waals surface area (Å²) in [4.78, 5) is 16.2. The van der Waals surface area contributed by atoms with Crippen LogP contribution in [0.2, 0.25) is 0 Å². The topological polar surface area (TPSA) is 25.2 Å². The average molecular weight is 403 g/mol. The maximum atomic E-state index is 13.0. The molecular weight excluding hydrogens is 384 g/mol. The zero-order chi connectivity index (χ0) is 16.7. The fourth-order valence-electron chi connectivity index (χ4n) is 3.37. The van der Waals surface area contributed by atoms with E-state index in [2.05, 4.69) is 63.8 Å². The van der Waals surface area contributed by atoms with Crippen LogP contribution >= 0.6 is 27.3 Å². The van der Waals surface area contributed by atoms with Gasteiger partial charge in [-0.25, -0.2) is 0 Å². The number of carbonyl (C=O) groups is 1. The second kappa shape index (κ2) is 6.37. The van der Waals surface area contributed by atoms with Crippen molar-refractivity contribution in [2.24, 2.45) is 0 Å². The second-order valence-corrected chi connectivity index (χ2v) is 8.55. The fourth-order valence-corrected chi connectivity index (χ4v) is 4.59. The van der Waals surface area contributed by atoms with Gasteiger partial charge >= 0.3 is 0 Å². The second-order valence-electron chi connectivity index (χ2n) is 6.35. The number of hydrogen-bond donors (Lipinski definition) is 0. The van der Waals surface area contributed by atoms with E-state index in [1.54, 1.807) is 11.3 Å². The van der Waals surface area contributed by atoms with Crippen molar-refractivity contribution in [3.8, 4) is 0 Å². The summed E-state index contributed by atoms with van der Waals surface area (Å²) in [6.07, 6.45) is 2.24. The average Bonchev–Trinajstić information content (AvgIpc) is 3.26. The number of fused-ring (bicyclic) bond motifs is 1. The standard InChI is InChI=1S/C19H19BrN2OS/c1-13-10-16-18(24-13)11-17(19(23)21-8-2-3-9-21)22(16)12-14-4-6-15(20)7-5-14/h4-7,10-11H,2-3,8-9,12H2,1H3. The Kier molecular flexibility index (Phi) is 4.22. The smallest absolute Gasteiger partial charge is 0.270 e. The van der Waals surface area contributed by atoms with E-state index in [9.17, 15) is 4.79 Å². The molecule has 124 valence electrons. The third-order valence-electron chi connectivity index (χ3n) is 4.58. The summed E-state index contributed by atoms with van der Waals surface area (Å²) in [7, 11) is 0. The molecule has 3 nitrogen and oxygen atoms in total. The minimum Gasteiger partial charge on any atom is -0.337 e. The molecule has 0 spiro atoms. The highest BCUT2D eigenvalue weighted by molar-refractivity contribution is 9.10. The van der Waals surface area contributed by atoms with Gasteiger partial charge < -0.3 is 9.47 Å². The van der Waals surface area contributed by atoms with Crippen LogP contribution < -0.4 is 0 Å². The van der Waals surface area contributed by atoms with Crippen LogP contribution in [0.15, 0.2) is 40.9 Å². The van der Waals surface area contributed by atoms with Crippen molar-refractivity contribution in [2.75, 3.05) is 13.1 Å². The summed E-state index contributed by atoms with van der Waals surface area (Å²) in [5, 5.41) is 0. The van der Waals surface area contributed by atoms with Crippen molar-refractivity contribution in [1.82, 2.24) is 9.47 Å². The molecule has 1 aliphatic rings. The van der Waals surface area contributed by atoms with Crippen LogP contribution in [0.1, 0.15) is 33.8 Å². The maximum absolute atomic E-state index is 13.0. The molecule has 5 heteroatoms. The van der Waals surface area contributed by atoms with E-state index in [1.807, 2.05) is 4.90 Å². The summed E-state index contributed by atoms with van der Waals surface area (Å²) in [5.41, 5.74) is 3.19. The van der Waals surface area contributed by atoms with Gasteiger partial charge in [-0.3, -0.25) is 4.79 Å². The lowest BCUT2D eigenvalue weighted by atomic mass is 10.2. The van der Waals surface area contributed by atoms with Crippen molar-refractivity contribution in [2.45, 2.75) is 26.3 Å². The largest absolute Gasteiger partial charge is 0.337 e. The molecule has 1 saturated heterocycles. The minimum absolute atomic E-state index is 0.172. The number of nitrogens with zero attached hydrogens (tertiary/aromatic N) is 2. The van der Waals surface area contributed by atoms with Crippen LogP contribution in [0.25, 0.3) is 10.2 Å². The van der Waals surface area contributed by atoms with Crippen LogP contribution in [0.4, 0.5) is 0 Å². The first-order valence-electron chi connectivity index (χ1n) is 8.25. The predicted molar refractivity (Wildman–Crippen MR) is 103 cm³/mol. The van der Waals surface area contributed by atoms with E-state index >= 15 is 0 Å². The van der Waals surface area contributed by atoms with Crippen LogP contribution in [0.3, 0.4) is 0 Å². The monoisotopic (exact) mass is 402 g/mol. The normalized spacial score (nSPS) is 14.7. The molecule has 0 bridgehead atoms. The molecule has 1 amide bonds. The number of rotatable bonds is 3. The summed E-state index contributed by atoms with van der Waals surface area (Å²) >= 11 is 5.24. The number of aromatic nitrogens is 1. The Morgan fingerprint density at radius 2 is 1.88 bits per heavy atom. The predicted octanol–water partition coefficient (Wildman–Crippen LogP) is 5.06. The zero-order valence-electron chi connectivity index (χ0n) is 13.6. The molecule has 24 heavy (non-hydrogen) atoms. The molecule has 0 radical (unpaired) electrons. The summed E-state index contributed by atoms with van der Waals surface area (Å²) < 4.78 is 4.46. The van der Waals surface area contributed by atoms with Crippen LogP contribution in [0.5, 0.6) is 0 Å². The third-order valence-corrected chi connectivity index (χ3v) is 6.09. The molecular formula is C19H19BrN2OS. The fraction of sp³-hybridized carbons (Fsp3) is 0.316. The van der Waals surface area contributed by atoms with E-state index in [-0.39, 0.29) is 5.91 Å². The van der Waals surface area contributed by atoms with Gasteiger partial charge in [0.2, 0.25) is 0 Å². The van der Waals surface area contributed by atoms with Crippen molar-refractivity contribution >= 4 is 43.4 Å². The Balaban J connectivity index is 1.76. The molecule has 0 saturated carbocycles. The number of halogens is 1. The van der Waals surface area contributed by atoms with Gasteiger partial charge in [-0.05, 0) is 49.6 Å². The van der Waals surface area contributed by atoms with E-state index in [4.69, 9.17) is 0 Å². The maximum Gasteiger partial charge on any atom is 0.270 e. The SMILES string of the molecule is Cc1cc2c(cc(C(=O)N3CCCC3)n2Cc2ccc(Br)cc2)s1. The number of thiophene rings is 1. The Labute approximate surface area is 154 Å². The number of benzene rings is 1. The van der Waals surface area contributed by atoms with Gasteiger partial charge in [0, 0.05) is 29.0 Å². The van der Waals surface area contributed by atoms with Gasteiger partial charge in [-0.2, -0.15) is 0 Å². The lowest BCUT2D eigenvalue weighted by Crippen LogP contribution is -2.29. The van der Waals surface area contributed by atoms with Crippen LogP contribution in [-0.4, -0.2) is 28.5 Å². The number of amides is 1. The zero-order valence-corrected chi connectivity index (χ0v) is 16.0. The first-order chi connectivity index (χ1) is 11.6. The number of carbonyl (C=O) groups excluding carboxylic acids is 1. The molecule has 4 rings (SSSR count). The van der Waals surface area contributed by atoms with Crippen LogP contribution in [-0.2, 0) is 6.54 Å². The van der Waals surface area contributed by atoms with Crippen LogP contribution in [0, 0.1) is 6.92 Å². The van der Waals surface area contributed by atoms with Crippen molar-refractivity contribution in [3.05, 3.63) is 57.0 Å². The van der Waals surface area contributed by atoms with E-state index < -0.39 is 0 Å².